The Morgan fingerprint density at radius 3 is 1.53 bits per heavy atom. The molecule has 9 aromatic carbocycles. The van der Waals surface area contributed by atoms with Crippen LogP contribution in [0, 0.1) is 0 Å². The van der Waals surface area contributed by atoms with Gasteiger partial charge in [0.1, 0.15) is 11.2 Å². The summed E-state index contributed by atoms with van der Waals surface area (Å²) in [5.41, 5.74) is -0.312. The van der Waals surface area contributed by atoms with E-state index >= 15 is 0 Å². The average molecular weight is 640 g/mol. The lowest BCUT2D eigenvalue weighted by atomic mass is 9.84. The molecule has 0 aliphatic heterocycles. The lowest BCUT2D eigenvalue weighted by molar-refractivity contribution is 0.669. The predicted octanol–water partition coefficient (Wildman–Crippen LogP) is 13.7. The summed E-state index contributed by atoms with van der Waals surface area (Å²) in [4.78, 5) is 0. The van der Waals surface area contributed by atoms with Gasteiger partial charge in [0.05, 0.1) is 23.3 Å². The van der Waals surface area contributed by atoms with Gasteiger partial charge >= 0.3 is 0 Å². The molecule has 49 heavy (non-hydrogen) atoms. The summed E-state index contributed by atoms with van der Waals surface area (Å²) >= 11 is 0. The highest BCUT2D eigenvalue weighted by molar-refractivity contribution is 6.22. The van der Waals surface area contributed by atoms with Gasteiger partial charge in [0.2, 0.25) is 0 Å². The number of fused-ring (bicyclic) bond motifs is 6. The van der Waals surface area contributed by atoms with Gasteiger partial charge in [-0.3, -0.25) is 0 Å². The Labute approximate surface area is 308 Å². The third-order valence-electron chi connectivity index (χ3n) is 8.63. The van der Waals surface area contributed by atoms with E-state index in [1.807, 2.05) is 0 Å². The molecule has 0 spiro atoms. The van der Waals surface area contributed by atoms with Crippen LogP contribution in [0.25, 0.3) is 98.8 Å². The minimum absolute atomic E-state index is 0.0291. The molecule has 0 N–H and O–H groups in total. The highest BCUT2D eigenvalue weighted by Gasteiger charge is 2.19. The van der Waals surface area contributed by atoms with Crippen LogP contribution in [-0.4, -0.2) is 0 Å². The average Bonchev–Trinajstić information content (AvgIpc) is 3.73. The van der Waals surface area contributed by atoms with Crippen LogP contribution in [0.3, 0.4) is 0 Å². The first-order valence-corrected chi connectivity index (χ1v) is 15.5. The molecule has 0 unspecified atom stereocenters. The predicted molar refractivity (Wildman–Crippen MR) is 208 cm³/mol. The largest absolute Gasteiger partial charge is 0.456 e. The van der Waals surface area contributed by atoms with Gasteiger partial charge in [-0.15, -0.1) is 0 Å². The fraction of sp³-hybridized carbons (Fsp3) is 0. The third kappa shape index (κ3) is 4.55. The molecule has 0 radical (unpaired) electrons. The summed E-state index contributed by atoms with van der Waals surface area (Å²) in [6.45, 7) is 0. The smallest absolute Gasteiger partial charge is 0.136 e. The molecule has 0 bridgehead atoms. The van der Waals surface area contributed by atoms with Crippen LogP contribution in [0.1, 0.15) is 23.3 Å². The Balaban J connectivity index is 1.38. The Morgan fingerprint density at radius 1 is 0.327 bits per heavy atom. The van der Waals surface area contributed by atoms with E-state index in [0.29, 0.717) is 32.7 Å². The van der Waals surface area contributed by atoms with Crippen molar-refractivity contribution in [2.24, 2.45) is 0 Å². The van der Waals surface area contributed by atoms with E-state index in [2.05, 4.69) is 0 Å². The summed E-state index contributed by atoms with van der Waals surface area (Å²) in [5, 5.41) is 0.802. The van der Waals surface area contributed by atoms with Crippen molar-refractivity contribution in [3.8, 4) is 44.5 Å². The fourth-order valence-electron chi connectivity index (χ4n) is 6.49. The van der Waals surface area contributed by atoms with Crippen molar-refractivity contribution in [3.05, 3.63) is 182 Å². The highest BCUT2D eigenvalue weighted by atomic mass is 16.3. The second-order valence-electron chi connectivity index (χ2n) is 11.5. The molecule has 0 amide bonds. The van der Waals surface area contributed by atoms with Crippen LogP contribution in [0.5, 0.6) is 0 Å². The zero-order valence-electron chi connectivity index (χ0n) is 42.4. The molecule has 1 heterocycles. The van der Waals surface area contributed by atoms with Gasteiger partial charge in [-0.05, 0) is 119 Å². The van der Waals surface area contributed by atoms with E-state index in [-0.39, 0.29) is 78.2 Å². The molecule has 0 saturated carbocycles. The van der Waals surface area contributed by atoms with Gasteiger partial charge in [0.25, 0.3) is 0 Å². The first-order chi connectivity index (χ1) is 31.4. The Morgan fingerprint density at radius 2 is 0.857 bits per heavy atom. The molecule has 0 aliphatic rings. The zero-order chi connectivity index (χ0) is 47.1. The number of hydrogen-bond donors (Lipinski definition) is 0. The van der Waals surface area contributed by atoms with Crippen molar-refractivity contribution >= 4 is 54.3 Å². The lowest BCUT2D eigenvalue weighted by Gasteiger charge is -2.19. The summed E-state index contributed by atoms with van der Waals surface area (Å²) in [6.07, 6.45) is 0. The number of furan rings is 1. The monoisotopic (exact) mass is 639 g/mol. The van der Waals surface area contributed by atoms with Crippen molar-refractivity contribution in [1.82, 2.24) is 0 Å². The van der Waals surface area contributed by atoms with E-state index in [0.717, 1.165) is 0 Å². The van der Waals surface area contributed by atoms with Gasteiger partial charge in [0.15, 0.2) is 0 Å². The Bertz CT molecular complexity index is 3760. The molecule has 1 aromatic heterocycles. The molecular weight excluding hydrogens is 593 g/mol. The van der Waals surface area contributed by atoms with Gasteiger partial charge in [0, 0.05) is 10.8 Å². The van der Waals surface area contributed by atoms with Gasteiger partial charge in [-0.25, -0.2) is 0 Å². The van der Waals surface area contributed by atoms with Crippen molar-refractivity contribution in [2.45, 2.75) is 0 Å². The molecule has 1 nitrogen and oxygen atoms in total. The molecule has 10 aromatic rings. The second kappa shape index (κ2) is 11.1. The van der Waals surface area contributed by atoms with E-state index < -0.39 is 90.6 Å². The van der Waals surface area contributed by atoms with Gasteiger partial charge in [-0.2, -0.15) is 0 Å². The molecule has 0 aliphatic carbocycles. The van der Waals surface area contributed by atoms with Crippen molar-refractivity contribution < 1.29 is 27.7 Å². The topological polar surface area (TPSA) is 13.1 Å². The zero-order valence-corrected chi connectivity index (χ0v) is 25.4. The first kappa shape index (κ1) is 15.6. The number of benzene rings is 9. The summed E-state index contributed by atoms with van der Waals surface area (Å²) in [7, 11) is 0. The van der Waals surface area contributed by atoms with Crippen LogP contribution in [-0.2, 0) is 0 Å². The molecule has 228 valence electrons. The molecular formula is C48H30O. The maximum absolute atomic E-state index is 9.86. The van der Waals surface area contributed by atoms with Crippen LogP contribution >= 0.6 is 0 Å². The Kier molecular flexibility index (Phi) is 3.54. The highest BCUT2D eigenvalue weighted by Crippen LogP contribution is 2.46. The molecule has 10 rings (SSSR count). The molecule has 1 heteroatoms. The third-order valence-corrected chi connectivity index (χ3v) is 8.63. The Hall–Kier alpha value is -6.44. The summed E-state index contributed by atoms with van der Waals surface area (Å²) in [5.74, 6) is 0. The van der Waals surface area contributed by atoms with Crippen molar-refractivity contribution in [2.75, 3.05) is 0 Å². The van der Waals surface area contributed by atoms with E-state index in [1.54, 1.807) is 78.9 Å². The quantitative estimate of drug-likeness (QED) is 0.175. The van der Waals surface area contributed by atoms with Gasteiger partial charge < -0.3 is 4.42 Å². The first-order valence-electron chi connectivity index (χ1n) is 24.0. The summed E-state index contributed by atoms with van der Waals surface area (Å²) in [6, 6.07) is 13.3. The lowest BCUT2D eigenvalue weighted by Crippen LogP contribution is -1.92. The van der Waals surface area contributed by atoms with E-state index in [4.69, 9.17) is 18.1 Å². The van der Waals surface area contributed by atoms with E-state index in [9.17, 15) is 9.60 Å². The van der Waals surface area contributed by atoms with E-state index in [1.165, 1.54) is 0 Å². The summed E-state index contributed by atoms with van der Waals surface area (Å²) < 4.78 is 159. The van der Waals surface area contributed by atoms with Crippen LogP contribution in [0.4, 0.5) is 0 Å². The molecule has 0 saturated heterocycles. The van der Waals surface area contributed by atoms with Crippen LogP contribution in [0.2, 0.25) is 0 Å². The fourth-order valence-corrected chi connectivity index (χ4v) is 6.49. The number of hydrogen-bond acceptors (Lipinski definition) is 1. The standard InChI is InChI=1S/C48H30O/c1-3-13-31(14-4-1)36-25-37(32-15-5-2-6-16-32)27-38(26-36)48-41-21-11-9-19-39(41)47(40-20-10-12-22-42(40)48)35-23-24-45-43(29-35)44-28-33-17-7-8-18-34(33)30-46(44)49-45/h1-30H/i1D,3D,4D,7D,8D,13D,14D,17D,18D,23D,24D,25D,26D,27D,28D,29D,30D. The maximum atomic E-state index is 9.86. The van der Waals surface area contributed by atoms with Crippen molar-refractivity contribution in [3.63, 3.8) is 0 Å². The normalized spacial score (nSPS) is 16.5. The van der Waals surface area contributed by atoms with Crippen LogP contribution < -0.4 is 0 Å². The molecule has 0 atom stereocenters. The van der Waals surface area contributed by atoms with Crippen LogP contribution in [0.15, 0.2) is 186 Å². The number of rotatable bonds is 4. The maximum Gasteiger partial charge on any atom is 0.136 e. The second-order valence-corrected chi connectivity index (χ2v) is 11.5. The minimum Gasteiger partial charge on any atom is -0.456 e. The molecule has 0 fully saturated rings. The van der Waals surface area contributed by atoms with Gasteiger partial charge in [-0.1, -0.05) is 139 Å². The minimum atomic E-state index is -0.662. The SMILES string of the molecule is [2H]c1c([2H])c([2H])c(-c2c([2H])c(-c3ccccc3)c([2H])c(-c3c4ccccc4c(-c4c([2H])c([2H])c5oc6c([2H])c7c([2H])c([2H])c([2H])c([2H])c7c([2H])c6c5c4[2H])c4ccccc34)c2[2H])c([2H])c1[2H]. The van der Waals surface area contributed by atoms with Crippen molar-refractivity contribution in [1.29, 1.82) is 0 Å².